The first-order valence-electron chi connectivity index (χ1n) is 13.8. The fourth-order valence-corrected chi connectivity index (χ4v) is 6.69. The van der Waals surface area contributed by atoms with Crippen molar-refractivity contribution in [2.75, 3.05) is 25.8 Å². The van der Waals surface area contributed by atoms with Crippen LogP contribution in [0.4, 0.5) is 5.00 Å². The average molecular weight is 587 g/mol. The highest BCUT2D eigenvalue weighted by Crippen LogP contribution is 2.38. The molecule has 0 saturated heterocycles. The van der Waals surface area contributed by atoms with Crippen LogP contribution in [0.25, 0.3) is 10.9 Å². The van der Waals surface area contributed by atoms with Crippen molar-refractivity contribution in [3.8, 4) is 11.5 Å². The predicted octanol–water partition coefficient (Wildman–Crippen LogP) is 5.63. The van der Waals surface area contributed by atoms with Gasteiger partial charge < -0.3 is 24.3 Å². The molecule has 1 N–H and O–H groups in total. The molecule has 0 spiro atoms. The second-order valence-corrected chi connectivity index (χ2v) is 11.8. The van der Waals surface area contributed by atoms with Crippen LogP contribution in [0.1, 0.15) is 61.3 Å². The van der Waals surface area contributed by atoms with E-state index < -0.39 is 24.5 Å². The quantitative estimate of drug-likeness (QED) is 0.277. The zero-order valence-electron chi connectivity index (χ0n) is 23.6. The van der Waals surface area contributed by atoms with Crippen molar-refractivity contribution in [2.24, 2.45) is 5.92 Å². The second kappa shape index (κ2) is 11.4. The van der Waals surface area contributed by atoms with E-state index in [4.69, 9.17) is 23.9 Å². The predicted molar refractivity (Wildman–Crippen MR) is 158 cm³/mol. The first-order chi connectivity index (χ1) is 20.3. The first-order valence-corrected chi connectivity index (χ1v) is 14.6. The Morgan fingerprint density at radius 2 is 1.88 bits per heavy atom. The molecule has 216 valence electrons. The lowest BCUT2D eigenvalue weighted by Gasteiger charge is -2.24. The number of nitrogens with zero attached hydrogens (tertiary/aromatic N) is 1. The number of aromatic nitrogens is 1. The summed E-state index contributed by atoms with van der Waals surface area (Å²) in [7, 11) is 1.30. The van der Waals surface area contributed by atoms with Crippen LogP contribution in [0.3, 0.4) is 0 Å². The van der Waals surface area contributed by atoms with Crippen molar-refractivity contribution in [1.29, 1.82) is 0 Å². The van der Waals surface area contributed by atoms with Crippen molar-refractivity contribution < 1.29 is 33.3 Å². The van der Waals surface area contributed by atoms with Gasteiger partial charge in [-0.1, -0.05) is 31.2 Å². The standard InChI is InChI=1S/C32H30N2O7S/c1-17-8-10-24-22(12-17)28(20-6-4-5-7-23(20)33-24)32(37)39-15-27(35)34-30-29(31(36)38-3)21(18(2)42-30)13-19-9-11-25-26(14-19)41-16-40-25/h4-7,9,11,14,17H,8,10,12-13,15-16H2,1-3H3,(H,34,35). The Balaban J connectivity index is 1.21. The largest absolute Gasteiger partial charge is 0.465 e. The van der Waals surface area contributed by atoms with Crippen molar-refractivity contribution in [3.63, 3.8) is 0 Å². The van der Waals surface area contributed by atoms with E-state index in [1.165, 1.54) is 18.4 Å². The van der Waals surface area contributed by atoms with Gasteiger partial charge in [0.2, 0.25) is 6.79 Å². The van der Waals surface area contributed by atoms with E-state index in [2.05, 4.69) is 12.2 Å². The van der Waals surface area contributed by atoms with Crippen LogP contribution >= 0.6 is 11.3 Å². The number of aryl methyl sites for hydroxylation is 2. The van der Waals surface area contributed by atoms with Crippen LogP contribution in [-0.2, 0) is 33.5 Å². The summed E-state index contributed by atoms with van der Waals surface area (Å²) in [5, 5.41) is 3.83. The Morgan fingerprint density at radius 1 is 1.07 bits per heavy atom. The SMILES string of the molecule is COC(=O)c1c(NC(=O)COC(=O)c2c3c(nc4ccccc24)CCC(C)C3)sc(C)c1Cc1ccc2c(c1)OCO2. The second-order valence-electron chi connectivity index (χ2n) is 10.6. The zero-order valence-corrected chi connectivity index (χ0v) is 24.4. The van der Waals surface area contributed by atoms with Crippen LogP contribution in [0, 0.1) is 12.8 Å². The maximum absolute atomic E-state index is 13.4. The van der Waals surface area contributed by atoms with Gasteiger partial charge in [-0.3, -0.25) is 9.78 Å². The van der Waals surface area contributed by atoms with E-state index in [-0.39, 0.29) is 12.4 Å². The fraction of sp³-hybridized carbons (Fsp3) is 0.312. The number of methoxy groups -OCH3 is 1. The van der Waals surface area contributed by atoms with Crippen LogP contribution in [-0.4, -0.2) is 43.3 Å². The van der Waals surface area contributed by atoms with Gasteiger partial charge in [0.25, 0.3) is 5.91 Å². The van der Waals surface area contributed by atoms with Gasteiger partial charge in [0.05, 0.1) is 23.8 Å². The topological polar surface area (TPSA) is 113 Å². The molecule has 1 unspecified atom stereocenters. The maximum atomic E-state index is 13.4. The molecule has 10 heteroatoms. The van der Waals surface area contributed by atoms with Gasteiger partial charge in [-0.05, 0) is 73.4 Å². The maximum Gasteiger partial charge on any atom is 0.341 e. The third kappa shape index (κ3) is 5.30. The molecule has 3 heterocycles. The molecule has 0 saturated carbocycles. The number of ether oxygens (including phenoxy) is 4. The number of esters is 2. The molecule has 1 atom stereocenters. The van der Waals surface area contributed by atoms with Gasteiger partial charge in [-0.15, -0.1) is 11.3 Å². The Kier molecular flexibility index (Phi) is 7.55. The smallest absolute Gasteiger partial charge is 0.341 e. The third-order valence-electron chi connectivity index (χ3n) is 7.71. The molecule has 6 rings (SSSR count). The number of hydrogen-bond acceptors (Lipinski definition) is 9. The molecule has 2 aromatic heterocycles. The van der Waals surface area contributed by atoms with Crippen molar-refractivity contribution in [3.05, 3.63) is 80.9 Å². The van der Waals surface area contributed by atoms with Crippen LogP contribution < -0.4 is 14.8 Å². The number of thiophene rings is 1. The zero-order chi connectivity index (χ0) is 29.4. The van der Waals surface area contributed by atoms with Gasteiger partial charge in [0, 0.05) is 16.0 Å². The Bertz CT molecular complexity index is 1730. The Hall–Kier alpha value is -4.44. The molecule has 1 amide bonds. The van der Waals surface area contributed by atoms with Gasteiger partial charge in [0.1, 0.15) is 5.00 Å². The molecular formula is C32H30N2O7S. The van der Waals surface area contributed by atoms with Crippen LogP contribution in [0.5, 0.6) is 11.5 Å². The van der Waals surface area contributed by atoms with Crippen LogP contribution in [0.15, 0.2) is 42.5 Å². The number of hydrogen-bond donors (Lipinski definition) is 1. The lowest BCUT2D eigenvalue weighted by Crippen LogP contribution is -2.24. The number of anilines is 1. The van der Waals surface area contributed by atoms with E-state index in [1.807, 2.05) is 49.4 Å². The minimum Gasteiger partial charge on any atom is -0.465 e. The summed E-state index contributed by atoms with van der Waals surface area (Å²) in [5.41, 5.74) is 4.95. The van der Waals surface area contributed by atoms with Gasteiger partial charge in [-0.2, -0.15) is 0 Å². The van der Waals surface area contributed by atoms with Crippen molar-refractivity contribution in [1.82, 2.24) is 4.98 Å². The lowest BCUT2D eigenvalue weighted by molar-refractivity contribution is -0.119. The molecule has 0 fully saturated rings. The van der Waals surface area contributed by atoms with Crippen molar-refractivity contribution in [2.45, 2.75) is 39.5 Å². The summed E-state index contributed by atoms with van der Waals surface area (Å²) in [6.07, 6.45) is 2.96. The Labute approximate surface area is 246 Å². The van der Waals surface area contributed by atoms with Crippen molar-refractivity contribution >= 4 is 45.1 Å². The molecule has 42 heavy (non-hydrogen) atoms. The molecule has 2 aliphatic rings. The van der Waals surface area contributed by atoms with E-state index in [0.29, 0.717) is 39.8 Å². The molecule has 2 aromatic carbocycles. The minimum absolute atomic E-state index is 0.170. The number of nitrogens with one attached hydrogen (secondary N) is 1. The number of carbonyl (C=O) groups excluding carboxylic acids is 3. The number of benzene rings is 2. The molecule has 1 aliphatic carbocycles. The number of fused-ring (bicyclic) bond motifs is 3. The van der Waals surface area contributed by atoms with E-state index in [0.717, 1.165) is 52.0 Å². The van der Waals surface area contributed by atoms with Gasteiger partial charge >= 0.3 is 11.9 Å². The molecule has 0 bridgehead atoms. The lowest BCUT2D eigenvalue weighted by atomic mass is 9.84. The summed E-state index contributed by atoms with van der Waals surface area (Å²) in [5.74, 6) is 0.0600. The van der Waals surface area contributed by atoms with Gasteiger partial charge in [-0.25, -0.2) is 9.59 Å². The van der Waals surface area contributed by atoms with E-state index in [1.54, 1.807) is 0 Å². The molecule has 1 aliphatic heterocycles. The summed E-state index contributed by atoms with van der Waals surface area (Å²) in [6.45, 7) is 3.70. The highest BCUT2D eigenvalue weighted by Gasteiger charge is 2.28. The molecular weight excluding hydrogens is 556 g/mol. The third-order valence-corrected chi connectivity index (χ3v) is 8.78. The van der Waals surface area contributed by atoms with E-state index in [9.17, 15) is 14.4 Å². The summed E-state index contributed by atoms with van der Waals surface area (Å²) < 4.78 is 21.5. The van der Waals surface area contributed by atoms with Gasteiger partial charge in [0.15, 0.2) is 18.1 Å². The summed E-state index contributed by atoms with van der Waals surface area (Å²) >= 11 is 1.27. The number of carbonyl (C=O) groups is 3. The highest BCUT2D eigenvalue weighted by atomic mass is 32.1. The number of rotatable bonds is 7. The number of pyridine rings is 1. The molecule has 0 radical (unpaired) electrons. The Morgan fingerprint density at radius 3 is 2.71 bits per heavy atom. The fourth-order valence-electron chi connectivity index (χ4n) is 5.61. The monoisotopic (exact) mass is 586 g/mol. The summed E-state index contributed by atoms with van der Waals surface area (Å²) in [4.78, 5) is 45.0. The highest BCUT2D eigenvalue weighted by molar-refractivity contribution is 7.16. The molecule has 4 aromatic rings. The minimum atomic E-state index is -0.564. The van der Waals surface area contributed by atoms with Crippen LogP contribution in [0.2, 0.25) is 0 Å². The average Bonchev–Trinajstić information content (AvgIpc) is 3.57. The summed E-state index contributed by atoms with van der Waals surface area (Å²) in [6, 6.07) is 13.1. The van der Waals surface area contributed by atoms with E-state index >= 15 is 0 Å². The first kappa shape index (κ1) is 27.7. The number of para-hydroxylation sites is 1. The molecule has 9 nitrogen and oxygen atoms in total. The normalized spacial score (nSPS) is 15.3. The number of amides is 1.